The molecule has 1 saturated heterocycles. The van der Waals surface area contributed by atoms with E-state index < -0.39 is 17.7 Å². The number of aryl methyl sites for hydroxylation is 1. The van der Waals surface area contributed by atoms with Gasteiger partial charge in [0.25, 0.3) is 11.7 Å². The van der Waals surface area contributed by atoms with Gasteiger partial charge < -0.3 is 23.9 Å². The number of carbonyl (C=O) groups is 2. The van der Waals surface area contributed by atoms with Crippen molar-refractivity contribution in [2.24, 2.45) is 0 Å². The van der Waals surface area contributed by atoms with Crippen LogP contribution < -0.4 is 9.47 Å². The molecule has 196 valence electrons. The zero-order valence-corrected chi connectivity index (χ0v) is 21.5. The van der Waals surface area contributed by atoms with E-state index in [1.165, 1.54) is 18.3 Å². The highest BCUT2D eigenvalue weighted by atomic mass is 16.5. The van der Waals surface area contributed by atoms with Crippen molar-refractivity contribution in [3.05, 3.63) is 89.3 Å². The maximum Gasteiger partial charge on any atom is 0.296 e. The molecule has 0 radical (unpaired) electrons. The van der Waals surface area contributed by atoms with E-state index in [-0.39, 0.29) is 17.9 Å². The van der Waals surface area contributed by atoms with Crippen LogP contribution in [0.2, 0.25) is 0 Å². The third-order valence-electron chi connectivity index (χ3n) is 6.63. The van der Waals surface area contributed by atoms with Gasteiger partial charge in [-0.05, 0) is 55.3 Å². The molecule has 5 rings (SSSR count). The molecular weight excluding hydrogens is 486 g/mol. The van der Waals surface area contributed by atoms with E-state index in [0.717, 1.165) is 12.8 Å². The number of ketones is 1. The van der Waals surface area contributed by atoms with Crippen LogP contribution in [-0.4, -0.2) is 44.8 Å². The van der Waals surface area contributed by atoms with E-state index in [4.69, 9.17) is 13.9 Å². The lowest BCUT2D eigenvalue weighted by atomic mass is 9.95. The number of hydrogen-bond acceptors (Lipinski definition) is 7. The summed E-state index contributed by atoms with van der Waals surface area (Å²) in [5, 5.41) is 11.6. The molecule has 1 aliphatic rings. The van der Waals surface area contributed by atoms with Crippen LogP contribution in [-0.2, 0) is 16.1 Å². The lowest BCUT2D eigenvalue weighted by molar-refractivity contribution is -0.140. The van der Waals surface area contributed by atoms with Crippen LogP contribution >= 0.6 is 0 Å². The van der Waals surface area contributed by atoms with Crippen molar-refractivity contribution in [3.63, 3.8) is 0 Å². The summed E-state index contributed by atoms with van der Waals surface area (Å²) < 4.78 is 18.7. The molecule has 38 heavy (non-hydrogen) atoms. The minimum atomic E-state index is -0.896. The number of carbonyl (C=O) groups excluding carboxylic acids is 2. The Morgan fingerprint density at radius 3 is 2.71 bits per heavy atom. The van der Waals surface area contributed by atoms with Crippen molar-refractivity contribution >= 4 is 23.1 Å². The van der Waals surface area contributed by atoms with Crippen molar-refractivity contribution in [3.8, 4) is 11.5 Å². The number of Topliss-reactive ketones (excluding diaryl/α,β-unsaturated/α-hetero) is 1. The zero-order chi connectivity index (χ0) is 26.8. The second kappa shape index (κ2) is 10.5. The topological polar surface area (TPSA) is 107 Å². The third kappa shape index (κ3) is 4.40. The molecule has 4 aromatic rings. The number of aliphatic hydroxyl groups excluding tert-OH is 1. The number of hydrogen-bond donors (Lipinski definition) is 1. The highest BCUT2D eigenvalue weighted by Crippen LogP contribution is 2.43. The molecule has 3 aromatic heterocycles. The molecular formula is C29H29N3O6. The predicted molar refractivity (Wildman–Crippen MR) is 140 cm³/mol. The van der Waals surface area contributed by atoms with Gasteiger partial charge >= 0.3 is 0 Å². The van der Waals surface area contributed by atoms with Gasteiger partial charge in [0.05, 0.1) is 43.8 Å². The van der Waals surface area contributed by atoms with E-state index in [2.05, 4.69) is 11.9 Å². The second-order valence-electron chi connectivity index (χ2n) is 9.09. The molecule has 0 spiro atoms. The maximum absolute atomic E-state index is 13.5. The van der Waals surface area contributed by atoms with Gasteiger partial charge in [0.15, 0.2) is 17.3 Å². The van der Waals surface area contributed by atoms with E-state index in [1.807, 2.05) is 6.07 Å². The fourth-order valence-electron chi connectivity index (χ4n) is 4.79. The first-order valence-corrected chi connectivity index (χ1v) is 12.5. The molecule has 1 aliphatic heterocycles. The fourth-order valence-corrected chi connectivity index (χ4v) is 4.79. The quantitative estimate of drug-likeness (QED) is 0.144. The first-order valence-electron chi connectivity index (χ1n) is 12.5. The Hall–Kier alpha value is -4.53. The van der Waals surface area contributed by atoms with Crippen LogP contribution in [0.5, 0.6) is 11.5 Å². The van der Waals surface area contributed by atoms with Crippen molar-refractivity contribution in [1.29, 1.82) is 0 Å². The summed E-state index contributed by atoms with van der Waals surface area (Å²) in [5.74, 6) is -0.283. The summed E-state index contributed by atoms with van der Waals surface area (Å²) >= 11 is 0. The Morgan fingerprint density at radius 1 is 1.13 bits per heavy atom. The Morgan fingerprint density at radius 2 is 1.97 bits per heavy atom. The lowest BCUT2D eigenvalue weighted by Crippen LogP contribution is -2.29. The molecule has 4 heterocycles. The molecule has 1 fully saturated rings. The Bertz CT molecular complexity index is 1520. The smallest absolute Gasteiger partial charge is 0.296 e. The number of rotatable bonds is 9. The summed E-state index contributed by atoms with van der Waals surface area (Å²) in [4.78, 5) is 32.7. The average Bonchev–Trinajstić information content (AvgIpc) is 3.62. The number of furan rings is 1. The van der Waals surface area contributed by atoms with Crippen LogP contribution in [0, 0.1) is 6.92 Å². The lowest BCUT2D eigenvalue weighted by Gasteiger charge is -2.25. The Labute approximate surface area is 219 Å². The predicted octanol–water partition coefficient (Wildman–Crippen LogP) is 5.05. The van der Waals surface area contributed by atoms with Crippen LogP contribution in [0.25, 0.3) is 11.4 Å². The van der Waals surface area contributed by atoms with Crippen LogP contribution in [0.1, 0.15) is 48.5 Å². The average molecular weight is 516 g/mol. The number of fused-ring (bicyclic) bond motifs is 1. The third-order valence-corrected chi connectivity index (χ3v) is 6.63. The molecule has 1 unspecified atom stereocenters. The molecule has 9 heteroatoms. The highest BCUT2D eigenvalue weighted by molar-refractivity contribution is 6.46. The van der Waals surface area contributed by atoms with Crippen LogP contribution in [0.3, 0.4) is 0 Å². The number of aromatic nitrogens is 2. The van der Waals surface area contributed by atoms with Gasteiger partial charge in [-0.3, -0.25) is 14.0 Å². The van der Waals surface area contributed by atoms with Crippen LogP contribution in [0.15, 0.2) is 71.0 Å². The first kappa shape index (κ1) is 25.1. The number of amides is 1. The number of imidazole rings is 1. The molecule has 1 N–H and O–H groups in total. The summed E-state index contributed by atoms with van der Waals surface area (Å²) in [7, 11) is 1.54. The van der Waals surface area contributed by atoms with Gasteiger partial charge in [-0.25, -0.2) is 4.98 Å². The number of unbranched alkanes of at least 4 members (excludes halogenated alkanes) is 1. The summed E-state index contributed by atoms with van der Waals surface area (Å²) in [5.41, 5.74) is 2.05. The number of benzene rings is 1. The van der Waals surface area contributed by atoms with E-state index in [0.29, 0.717) is 46.5 Å². The van der Waals surface area contributed by atoms with Gasteiger partial charge in [0, 0.05) is 6.20 Å². The van der Waals surface area contributed by atoms with Crippen molar-refractivity contribution < 1.29 is 28.6 Å². The van der Waals surface area contributed by atoms with Gasteiger partial charge in [-0.2, -0.15) is 0 Å². The van der Waals surface area contributed by atoms with Gasteiger partial charge in [0.2, 0.25) is 0 Å². The number of methoxy groups -OCH3 is 1. The molecule has 0 aliphatic carbocycles. The molecule has 0 bridgehead atoms. The number of likely N-dealkylation sites (tertiary alicyclic amines) is 1. The minimum Gasteiger partial charge on any atom is -0.505 e. The van der Waals surface area contributed by atoms with Gasteiger partial charge in [-0.1, -0.05) is 25.5 Å². The minimum absolute atomic E-state index is 0.0305. The van der Waals surface area contributed by atoms with Gasteiger partial charge in [0.1, 0.15) is 17.1 Å². The van der Waals surface area contributed by atoms with Crippen LogP contribution in [0.4, 0.5) is 0 Å². The molecule has 1 amide bonds. The van der Waals surface area contributed by atoms with E-state index in [1.54, 1.807) is 60.0 Å². The number of nitrogens with zero attached hydrogens (tertiary/aromatic N) is 3. The monoisotopic (exact) mass is 515 g/mol. The van der Waals surface area contributed by atoms with Crippen molar-refractivity contribution in [1.82, 2.24) is 14.3 Å². The molecule has 1 aromatic carbocycles. The number of pyridine rings is 1. The molecule has 0 saturated carbocycles. The molecule has 1 atom stereocenters. The zero-order valence-electron chi connectivity index (χ0n) is 21.5. The fraction of sp³-hybridized carbons (Fsp3) is 0.276. The largest absolute Gasteiger partial charge is 0.505 e. The summed E-state index contributed by atoms with van der Waals surface area (Å²) in [6, 6.07) is 13.3. The van der Waals surface area contributed by atoms with E-state index >= 15 is 0 Å². The van der Waals surface area contributed by atoms with Crippen molar-refractivity contribution in [2.45, 2.75) is 39.3 Å². The summed E-state index contributed by atoms with van der Waals surface area (Å²) in [6.45, 7) is 4.41. The number of aliphatic hydroxyl groups is 1. The summed E-state index contributed by atoms with van der Waals surface area (Å²) in [6.07, 6.45) is 5.15. The Kier molecular flexibility index (Phi) is 6.91. The first-order chi connectivity index (χ1) is 18.4. The standard InChI is InChI=1S/C29H29N3O6/c1-4-5-14-38-21-12-11-19(16-22(21)36-3)26-24(28(34)29(35)32(26)17-20-9-8-15-37-20)27(33)25-18(2)30-23-10-6-7-13-31(23)25/h6-13,15-16,26,33H,4-5,14,17H2,1-3H3/b27-24+. The van der Waals surface area contributed by atoms with E-state index in [9.17, 15) is 14.7 Å². The maximum atomic E-state index is 13.5. The second-order valence-corrected chi connectivity index (χ2v) is 9.09. The Balaban J connectivity index is 1.67. The normalized spacial score (nSPS) is 16.9. The molecule has 9 nitrogen and oxygen atoms in total. The highest BCUT2D eigenvalue weighted by Gasteiger charge is 2.47. The number of ether oxygens (including phenoxy) is 2. The van der Waals surface area contributed by atoms with Crippen molar-refractivity contribution in [2.75, 3.05) is 13.7 Å². The van der Waals surface area contributed by atoms with Gasteiger partial charge in [-0.15, -0.1) is 0 Å². The SMILES string of the molecule is CCCCOc1ccc(C2/C(=C(\O)c3c(C)nc4ccccn34)C(=O)C(=O)N2Cc2ccco2)cc1OC.